The molecule has 0 radical (unpaired) electrons. The van der Waals surface area contributed by atoms with Gasteiger partial charge in [0.05, 0.1) is 5.02 Å². The first-order valence-electron chi connectivity index (χ1n) is 11.9. The van der Waals surface area contributed by atoms with Crippen molar-refractivity contribution in [2.24, 2.45) is 5.92 Å². The summed E-state index contributed by atoms with van der Waals surface area (Å²) < 4.78 is 46.6. The normalized spacial score (nSPS) is 16.0. The molecule has 1 amide bonds. The summed E-state index contributed by atoms with van der Waals surface area (Å²) in [5.74, 6) is -0.0405. The highest BCUT2D eigenvalue weighted by Gasteiger charge is 2.31. The lowest BCUT2D eigenvalue weighted by Crippen LogP contribution is -2.46. The van der Waals surface area contributed by atoms with Crippen LogP contribution in [0.5, 0.6) is 5.75 Å². The molecular formula is C25H28ClF3N4O3. The van der Waals surface area contributed by atoms with Gasteiger partial charge < -0.3 is 25.1 Å². The van der Waals surface area contributed by atoms with E-state index in [1.165, 1.54) is 24.3 Å². The second kappa shape index (κ2) is 11.3. The first-order valence-corrected chi connectivity index (χ1v) is 12.3. The number of rotatable bonds is 10. The summed E-state index contributed by atoms with van der Waals surface area (Å²) in [4.78, 5) is 17.6. The van der Waals surface area contributed by atoms with Crippen molar-refractivity contribution in [1.82, 2.24) is 10.3 Å². The Hall–Kier alpha value is -3.14. The Morgan fingerprint density at radius 1 is 1.19 bits per heavy atom. The fourth-order valence-corrected chi connectivity index (χ4v) is 4.59. The number of para-hydroxylation sites is 1. The monoisotopic (exact) mass is 524 g/mol. The van der Waals surface area contributed by atoms with E-state index in [0.29, 0.717) is 40.7 Å². The van der Waals surface area contributed by atoms with Crippen molar-refractivity contribution >= 4 is 40.3 Å². The van der Waals surface area contributed by atoms with Gasteiger partial charge in [-0.2, -0.15) is 4.98 Å². The summed E-state index contributed by atoms with van der Waals surface area (Å²) in [6.07, 6.45) is 0.390. The van der Waals surface area contributed by atoms with Gasteiger partial charge in [0.1, 0.15) is 17.3 Å². The molecule has 3 aromatic rings. The van der Waals surface area contributed by atoms with Crippen LogP contribution in [0.4, 0.5) is 24.9 Å². The third kappa shape index (κ3) is 7.19. The number of nitrogens with one attached hydrogen (secondary N) is 3. The molecule has 11 heteroatoms. The van der Waals surface area contributed by atoms with Gasteiger partial charge in [-0.25, -0.2) is 0 Å². The van der Waals surface area contributed by atoms with Crippen LogP contribution in [-0.4, -0.2) is 35.9 Å². The smallest absolute Gasteiger partial charge is 0.422 e. The highest BCUT2D eigenvalue weighted by Crippen LogP contribution is 2.31. The van der Waals surface area contributed by atoms with Crippen molar-refractivity contribution in [1.29, 1.82) is 0 Å². The zero-order chi connectivity index (χ0) is 25.7. The standard InChI is InChI=1S/C25H28ClF3N4O3/c1-15(14-30-17-9-11-18(12-10-17)36-25(27,28)29)31-23(34)21(13-16-5-2-3-6-16)33-24-32-20-8-4-7-19(26)22(20)35-24/h4,7-12,15-16,21,30H,2-3,5-6,13-14H2,1H3,(H,31,34)(H,32,33). The van der Waals surface area contributed by atoms with Gasteiger partial charge in [0.15, 0.2) is 5.58 Å². The maximum atomic E-state index is 13.2. The summed E-state index contributed by atoms with van der Waals surface area (Å²) in [5, 5.41) is 9.71. The Morgan fingerprint density at radius 3 is 2.58 bits per heavy atom. The number of hydrogen-bond acceptors (Lipinski definition) is 6. The predicted molar refractivity (Wildman–Crippen MR) is 132 cm³/mol. The molecule has 2 aromatic carbocycles. The minimum absolute atomic E-state index is 0.182. The molecule has 1 heterocycles. The quantitative estimate of drug-likeness (QED) is 0.286. The highest BCUT2D eigenvalue weighted by molar-refractivity contribution is 6.34. The number of carbonyl (C=O) groups is 1. The number of oxazole rings is 1. The van der Waals surface area contributed by atoms with Gasteiger partial charge in [-0.1, -0.05) is 43.4 Å². The number of hydrogen-bond donors (Lipinski definition) is 3. The molecule has 1 saturated carbocycles. The van der Waals surface area contributed by atoms with Gasteiger partial charge >= 0.3 is 6.36 Å². The molecule has 1 fully saturated rings. The Balaban J connectivity index is 1.35. The SMILES string of the molecule is CC(CNc1ccc(OC(F)(F)F)cc1)NC(=O)C(CC1CCCC1)Nc1nc2cccc(Cl)c2o1. The zero-order valence-corrected chi connectivity index (χ0v) is 20.5. The molecule has 0 spiro atoms. The predicted octanol–water partition coefficient (Wildman–Crippen LogP) is 6.36. The van der Waals surface area contributed by atoms with Gasteiger partial charge in [-0.05, 0) is 55.7 Å². The molecule has 36 heavy (non-hydrogen) atoms. The number of fused-ring (bicyclic) bond motifs is 1. The Bertz CT molecular complexity index is 1160. The molecule has 1 aliphatic rings. The van der Waals surface area contributed by atoms with E-state index in [1.807, 2.05) is 6.92 Å². The van der Waals surface area contributed by atoms with Crippen molar-refractivity contribution in [3.05, 3.63) is 47.5 Å². The topological polar surface area (TPSA) is 88.4 Å². The molecule has 2 unspecified atom stereocenters. The Kier molecular flexibility index (Phi) is 8.13. The first kappa shape index (κ1) is 25.9. The van der Waals surface area contributed by atoms with Crippen molar-refractivity contribution < 1.29 is 27.1 Å². The average molecular weight is 525 g/mol. The number of nitrogens with zero attached hydrogens (tertiary/aromatic N) is 1. The minimum atomic E-state index is -4.74. The number of halogens is 4. The van der Waals surface area contributed by atoms with Crippen LogP contribution in [0.2, 0.25) is 5.02 Å². The lowest BCUT2D eigenvalue weighted by molar-refractivity contribution is -0.274. The van der Waals surface area contributed by atoms with Crippen molar-refractivity contribution in [2.45, 2.75) is 57.5 Å². The van der Waals surface area contributed by atoms with Crippen molar-refractivity contribution in [3.63, 3.8) is 0 Å². The molecule has 0 saturated heterocycles. The molecule has 7 nitrogen and oxygen atoms in total. The summed E-state index contributed by atoms with van der Waals surface area (Å²) in [6.45, 7) is 2.22. The van der Waals surface area contributed by atoms with Crippen molar-refractivity contribution in [2.75, 3.05) is 17.2 Å². The second-order valence-corrected chi connectivity index (χ2v) is 9.46. The van der Waals surface area contributed by atoms with E-state index in [2.05, 4.69) is 25.7 Å². The molecule has 4 rings (SSSR count). The Morgan fingerprint density at radius 2 is 1.92 bits per heavy atom. The van der Waals surface area contributed by atoms with Crippen LogP contribution in [-0.2, 0) is 4.79 Å². The van der Waals surface area contributed by atoms with E-state index in [4.69, 9.17) is 16.0 Å². The molecule has 0 bridgehead atoms. The molecule has 1 aromatic heterocycles. The molecule has 3 N–H and O–H groups in total. The van der Waals surface area contributed by atoms with Gasteiger partial charge in [0.25, 0.3) is 6.01 Å². The van der Waals surface area contributed by atoms with E-state index >= 15 is 0 Å². The van der Waals surface area contributed by atoms with Crippen LogP contribution in [0.15, 0.2) is 46.9 Å². The molecule has 1 aliphatic carbocycles. The van der Waals surface area contributed by atoms with Crippen LogP contribution in [0.25, 0.3) is 11.1 Å². The maximum absolute atomic E-state index is 13.2. The van der Waals surface area contributed by atoms with Crippen molar-refractivity contribution in [3.8, 4) is 5.75 Å². The van der Waals surface area contributed by atoms with Crippen LogP contribution in [0.1, 0.15) is 39.0 Å². The van der Waals surface area contributed by atoms with E-state index in [0.717, 1.165) is 25.7 Å². The number of benzene rings is 2. The third-order valence-electron chi connectivity index (χ3n) is 6.11. The van der Waals surface area contributed by atoms with Gasteiger partial charge in [0, 0.05) is 18.3 Å². The summed E-state index contributed by atoms with van der Waals surface area (Å²) in [5.41, 5.74) is 1.68. The first-order chi connectivity index (χ1) is 17.2. The van der Waals surface area contributed by atoms with E-state index < -0.39 is 12.4 Å². The fourth-order valence-electron chi connectivity index (χ4n) is 4.38. The number of ether oxygens (including phenoxy) is 1. The maximum Gasteiger partial charge on any atom is 0.573 e. The van der Waals surface area contributed by atoms with Gasteiger partial charge in [0.2, 0.25) is 5.91 Å². The van der Waals surface area contributed by atoms with E-state index in [9.17, 15) is 18.0 Å². The lowest BCUT2D eigenvalue weighted by atomic mass is 9.97. The molecule has 0 aliphatic heterocycles. The number of amides is 1. The van der Waals surface area contributed by atoms with Crippen LogP contribution in [0, 0.1) is 5.92 Å². The fraction of sp³-hybridized carbons (Fsp3) is 0.440. The second-order valence-electron chi connectivity index (χ2n) is 9.05. The summed E-state index contributed by atoms with van der Waals surface area (Å²) >= 11 is 6.19. The molecular weight excluding hydrogens is 497 g/mol. The summed E-state index contributed by atoms with van der Waals surface area (Å²) in [7, 11) is 0. The average Bonchev–Trinajstić information content (AvgIpc) is 3.47. The largest absolute Gasteiger partial charge is 0.573 e. The van der Waals surface area contributed by atoms with E-state index in [-0.39, 0.29) is 23.7 Å². The minimum Gasteiger partial charge on any atom is -0.422 e. The summed E-state index contributed by atoms with van der Waals surface area (Å²) in [6, 6.07) is 10.2. The number of alkyl halides is 3. The number of anilines is 2. The third-order valence-corrected chi connectivity index (χ3v) is 6.41. The van der Waals surface area contributed by atoms with Crippen LogP contribution in [0.3, 0.4) is 0 Å². The zero-order valence-electron chi connectivity index (χ0n) is 19.7. The Labute approximate surface area is 211 Å². The van der Waals surface area contributed by atoms with Gasteiger partial charge in [-0.3, -0.25) is 4.79 Å². The lowest BCUT2D eigenvalue weighted by Gasteiger charge is -2.23. The van der Waals surface area contributed by atoms with Gasteiger partial charge in [-0.15, -0.1) is 13.2 Å². The molecule has 2 atom stereocenters. The van der Waals surface area contributed by atoms with Crippen LogP contribution >= 0.6 is 11.6 Å². The van der Waals surface area contributed by atoms with E-state index in [1.54, 1.807) is 18.2 Å². The molecule has 194 valence electrons. The number of carbonyl (C=O) groups excluding carboxylic acids is 1. The highest BCUT2D eigenvalue weighted by atomic mass is 35.5. The number of aromatic nitrogens is 1. The van der Waals surface area contributed by atoms with Crippen LogP contribution < -0.4 is 20.7 Å².